The Morgan fingerprint density at radius 2 is 1.53 bits per heavy atom. The van der Waals surface area contributed by atoms with Gasteiger partial charge < -0.3 is 10.6 Å². The first-order valence-electron chi connectivity index (χ1n) is 7.99. The number of nitrogens with two attached hydrogens (primary N) is 1. The molecular formula is C16H30N2O. The molecule has 2 fully saturated rings. The highest BCUT2D eigenvalue weighted by molar-refractivity contribution is 5.83. The minimum atomic E-state index is -0.238. The van der Waals surface area contributed by atoms with Crippen molar-refractivity contribution >= 4 is 5.91 Å². The molecule has 1 aliphatic heterocycles. The molecule has 1 saturated heterocycles. The Kier molecular flexibility index (Phi) is 4.54. The van der Waals surface area contributed by atoms with Gasteiger partial charge in [0.2, 0.25) is 5.91 Å². The summed E-state index contributed by atoms with van der Waals surface area (Å²) in [6.45, 7) is 6.99. The van der Waals surface area contributed by atoms with Crippen molar-refractivity contribution in [2.45, 2.75) is 65.2 Å². The van der Waals surface area contributed by atoms with Crippen LogP contribution in [0, 0.1) is 10.8 Å². The second-order valence-corrected chi connectivity index (χ2v) is 7.36. The molecule has 3 heteroatoms. The van der Waals surface area contributed by atoms with Crippen LogP contribution < -0.4 is 5.73 Å². The van der Waals surface area contributed by atoms with E-state index >= 15 is 0 Å². The number of hydrogen-bond donors (Lipinski definition) is 1. The van der Waals surface area contributed by atoms with Crippen LogP contribution in [0.1, 0.15) is 65.2 Å². The van der Waals surface area contributed by atoms with E-state index in [9.17, 15) is 4.79 Å². The van der Waals surface area contributed by atoms with Gasteiger partial charge in [0.15, 0.2) is 0 Å². The molecule has 1 aliphatic carbocycles. The third-order valence-corrected chi connectivity index (χ3v) is 5.31. The summed E-state index contributed by atoms with van der Waals surface area (Å²) >= 11 is 0. The van der Waals surface area contributed by atoms with E-state index in [1.165, 1.54) is 25.7 Å². The summed E-state index contributed by atoms with van der Waals surface area (Å²) in [5, 5.41) is 0. The smallest absolute Gasteiger partial charge is 0.230 e. The van der Waals surface area contributed by atoms with Crippen LogP contribution in [-0.4, -0.2) is 30.4 Å². The normalized spacial score (nSPS) is 26.8. The molecule has 0 radical (unpaired) electrons. The monoisotopic (exact) mass is 266 g/mol. The molecule has 0 aromatic rings. The highest BCUT2D eigenvalue weighted by Gasteiger charge is 2.41. The Labute approximate surface area is 117 Å². The van der Waals surface area contributed by atoms with Gasteiger partial charge in [-0.25, -0.2) is 0 Å². The summed E-state index contributed by atoms with van der Waals surface area (Å²) < 4.78 is 0. The molecule has 0 spiro atoms. The zero-order valence-corrected chi connectivity index (χ0v) is 12.7. The van der Waals surface area contributed by atoms with Gasteiger partial charge in [0, 0.05) is 19.6 Å². The van der Waals surface area contributed by atoms with Gasteiger partial charge in [-0.1, -0.05) is 39.5 Å². The molecule has 0 aromatic carbocycles. The van der Waals surface area contributed by atoms with Crippen LogP contribution in [0.3, 0.4) is 0 Å². The van der Waals surface area contributed by atoms with Crippen LogP contribution in [0.25, 0.3) is 0 Å². The number of rotatable bonds is 2. The number of carbonyl (C=O) groups excluding carboxylic acids is 1. The largest absolute Gasteiger partial charge is 0.342 e. The molecule has 1 amide bonds. The summed E-state index contributed by atoms with van der Waals surface area (Å²) in [5.41, 5.74) is 6.18. The highest BCUT2D eigenvalue weighted by Crippen LogP contribution is 2.38. The van der Waals surface area contributed by atoms with Crippen molar-refractivity contribution in [3.63, 3.8) is 0 Å². The van der Waals surface area contributed by atoms with E-state index in [0.29, 0.717) is 17.9 Å². The van der Waals surface area contributed by atoms with Crippen LogP contribution in [0.2, 0.25) is 0 Å². The third kappa shape index (κ3) is 3.31. The predicted octanol–water partition coefficient (Wildman–Crippen LogP) is 2.93. The fraction of sp³-hybridized carbons (Fsp3) is 0.938. The third-order valence-electron chi connectivity index (χ3n) is 5.31. The second-order valence-electron chi connectivity index (χ2n) is 7.36. The van der Waals surface area contributed by atoms with Crippen molar-refractivity contribution in [1.29, 1.82) is 0 Å². The molecule has 2 aliphatic rings. The molecule has 0 bridgehead atoms. The molecule has 19 heavy (non-hydrogen) atoms. The van der Waals surface area contributed by atoms with E-state index in [-0.39, 0.29) is 5.41 Å². The summed E-state index contributed by atoms with van der Waals surface area (Å²) in [6, 6.07) is 0. The molecule has 0 atom stereocenters. The van der Waals surface area contributed by atoms with Crippen molar-refractivity contribution in [1.82, 2.24) is 4.90 Å². The maximum atomic E-state index is 12.9. The van der Waals surface area contributed by atoms with Crippen LogP contribution in [0.4, 0.5) is 0 Å². The van der Waals surface area contributed by atoms with E-state index in [0.717, 1.165) is 38.8 Å². The Bertz CT molecular complexity index is 307. The summed E-state index contributed by atoms with van der Waals surface area (Å²) in [4.78, 5) is 15.0. The molecule has 3 nitrogen and oxygen atoms in total. The van der Waals surface area contributed by atoms with Crippen LogP contribution in [0.15, 0.2) is 0 Å². The molecule has 2 N–H and O–H groups in total. The van der Waals surface area contributed by atoms with Crippen molar-refractivity contribution < 1.29 is 4.79 Å². The van der Waals surface area contributed by atoms with Gasteiger partial charge >= 0.3 is 0 Å². The van der Waals surface area contributed by atoms with E-state index in [1.807, 2.05) is 0 Å². The maximum Gasteiger partial charge on any atom is 0.230 e. The van der Waals surface area contributed by atoms with Gasteiger partial charge in [-0.3, -0.25) is 4.79 Å². The lowest BCUT2D eigenvalue weighted by Gasteiger charge is -2.42. The Hall–Kier alpha value is -0.570. The highest BCUT2D eigenvalue weighted by atomic mass is 16.2. The molecule has 1 saturated carbocycles. The predicted molar refractivity (Wildman–Crippen MR) is 78.8 cm³/mol. The number of likely N-dealkylation sites (tertiary alicyclic amines) is 1. The van der Waals surface area contributed by atoms with Crippen LogP contribution >= 0.6 is 0 Å². The average Bonchev–Trinajstić information content (AvgIpc) is 2.64. The fourth-order valence-electron chi connectivity index (χ4n) is 3.56. The van der Waals surface area contributed by atoms with Crippen molar-refractivity contribution in [2.75, 3.05) is 19.6 Å². The SMILES string of the molecule is CC1(C)CCN(C(=O)C2(CN)CCCCCC2)CC1. The summed E-state index contributed by atoms with van der Waals surface area (Å²) in [6.07, 6.45) is 9.12. The number of nitrogens with zero attached hydrogens (tertiary/aromatic N) is 1. The fourth-order valence-corrected chi connectivity index (χ4v) is 3.56. The quantitative estimate of drug-likeness (QED) is 0.781. The average molecular weight is 266 g/mol. The minimum absolute atomic E-state index is 0.238. The van der Waals surface area contributed by atoms with Gasteiger partial charge in [-0.05, 0) is 31.1 Å². The van der Waals surface area contributed by atoms with Crippen molar-refractivity contribution in [2.24, 2.45) is 16.6 Å². The number of hydrogen-bond acceptors (Lipinski definition) is 2. The standard InChI is InChI=1S/C16H30N2O/c1-15(2)9-11-18(12-10-15)14(19)16(13-17)7-5-3-4-6-8-16/h3-13,17H2,1-2H3. The lowest BCUT2D eigenvalue weighted by molar-refractivity contribution is -0.144. The minimum Gasteiger partial charge on any atom is -0.342 e. The lowest BCUT2D eigenvalue weighted by atomic mass is 9.77. The summed E-state index contributed by atoms with van der Waals surface area (Å²) in [5.74, 6) is 0.354. The maximum absolute atomic E-state index is 12.9. The zero-order valence-electron chi connectivity index (χ0n) is 12.7. The van der Waals surface area contributed by atoms with E-state index in [2.05, 4.69) is 18.7 Å². The van der Waals surface area contributed by atoms with Crippen molar-refractivity contribution in [3.8, 4) is 0 Å². The van der Waals surface area contributed by atoms with Crippen LogP contribution in [-0.2, 0) is 4.79 Å². The van der Waals surface area contributed by atoms with Gasteiger partial charge in [0.25, 0.3) is 0 Å². The Balaban J connectivity index is 2.04. The van der Waals surface area contributed by atoms with E-state index in [1.54, 1.807) is 0 Å². The first-order chi connectivity index (χ1) is 8.99. The molecule has 2 rings (SSSR count). The van der Waals surface area contributed by atoms with E-state index in [4.69, 9.17) is 5.73 Å². The first-order valence-corrected chi connectivity index (χ1v) is 7.99. The lowest BCUT2D eigenvalue weighted by Crippen LogP contribution is -2.51. The number of carbonyl (C=O) groups is 1. The van der Waals surface area contributed by atoms with E-state index < -0.39 is 0 Å². The van der Waals surface area contributed by atoms with Crippen molar-refractivity contribution in [3.05, 3.63) is 0 Å². The molecule has 1 heterocycles. The first kappa shape index (κ1) is 14.8. The van der Waals surface area contributed by atoms with Gasteiger partial charge in [0.05, 0.1) is 5.41 Å². The number of piperidine rings is 1. The molecule has 0 unspecified atom stereocenters. The molecule has 0 aromatic heterocycles. The second kappa shape index (κ2) is 5.82. The summed E-state index contributed by atoms with van der Waals surface area (Å²) in [7, 11) is 0. The van der Waals surface area contributed by atoms with Gasteiger partial charge in [0.1, 0.15) is 0 Å². The number of amides is 1. The van der Waals surface area contributed by atoms with Crippen LogP contribution in [0.5, 0.6) is 0 Å². The molecule has 110 valence electrons. The van der Waals surface area contributed by atoms with Gasteiger partial charge in [-0.2, -0.15) is 0 Å². The Morgan fingerprint density at radius 3 is 2.00 bits per heavy atom. The Morgan fingerprint density at radius 1 is 1.00 bits per heavy atom. The topological polar surface area (TPSA) is 46.3 Å². The van der Waals surface area contributed by atoms with Gasteiger partial charge in [-0.15, -0.1) is 0 Å². The zero-order chi connectivity index (χ0) is 13.9. The molecular weight excluding hydrogens is 236 g/mol.